The Bertz CT molecular complexity index is 1140. The molecule has 32 heavy (non-hydrogen) atoms. The molecule has 3 aliphatic rings. The first-order chi connectivity index (χ1) is 15.8. The minimum atomic E-state index is 0.808. The summed E-state index contributed by atoms with van der Waals surface area (Å²) in [7, 11) is 0. The lowest BCUT2D eigenvalue weighted by Gasteiger charge is -2.34. The summed E-state index contributed by atoms with van der Waals surface area (Å²) in [5, 5.41) is 0. The smallest absolute Gasteiger partial charge is 0.00192 e. The van der Waals surface area contributed by atoms with Gasteiger partial charge in [-0.1, -0.05) is 90.5 Å². The molecule has 0 bridgehead atoms. The Morgan fingerprint density at radius 1 is 0.656 bits per heavy atom. The van der Waals surface area contributed by atoms with E-state index in [0.29, 0.717) is 0 Å². The lowest BCUT2D eigenvalue weighted by Crippen LogP contribution is -2.36. The molecule has 3 aromatic rings. The van der Waals surface area contributed by atoms with Gasteiger partial charge in [-0.25, -0.2) is 0 Å². The number of benzene rings is 3. The standard InChI is InChI=1S/C31H31N/c1-2-10-28-21-23(13-14-24(28)7-1)22-32-19-17-27(18-20-32)31-29-11-5-3-8-25(29)15-16-26-9-4-6-12-30(26)31/h1-12,15-16,23H,13-14,17-22H2. The van der Waals surface area contributed by atoms with Gasteiger partial charge in [-0.15, -0.1) is 0 Å². The van der Waals surface area contributed by atoms with Crippen LogP contribution in [-0.4, -0.2) is 24.5 Å². The van der Waals surface area contributed by atoms with E-state index in [2.05, 4.69) is 89.8 Å². The second kappa shape index (κ2) is 8.56. The zero-order valence-corrected chi connectivity index (χ0v) is 18.8. The zero-order valence-electron chi connectivity index (χ0n) is 18.8. The minimum Gasteiger partial charge on any atom is -0.302 e. The number of likely N-dealkylation sites (tertiary alicyclic amines) is 1. The van der Waals surface area contributed by atoms with Crippen LogP contribution in [0, 0.1) is 5.92 Å². The van der Waals surface area contributed by atoms with Gasteiger partial charge in [0.25, 0.3) is 0 Å². The second-order valence-corrected chi connectivity index (χ2v) is 9.66. The molecule has 0 saturated carbocycles. The monoisotopic (exact) mass is 417 g/mol. The molecule has 1 saturated heterocycles. The van der Waals surface area contributed by atoms with E-state index in [4.69, 9.17) is 0 Å². The highest BCUT2D eigenvalue weighted by molar-refractivity contribution is 5.94. The number of nitrogens with zero attached hydrogens (tertiary/aromatic N) is 1. The van der Waals surface area contributed by atoms with Crippen molar-refractivity contribution in [3.63, 3.8) is 0 Å². The summed E-state index contributed by atoms with van der Waals surface area (Å²) < 4.78 is 0. The van der Waals surface area contributed by atoms with Gasteiger partial charge in [-0.2, -0.15) is 0 Å². The van der Waals surface area contributed by atoms with Crippen molar-refractivity contribution >= 4 is 17.7 Å². The van der Waals surface area contributed by atoms with E-state index in [0.717, 1.165) is 5.92 Å². The first kappa shape index (κ1) is 19.8. The SMILES string of the molecule is C1=Cc2ccccc2C(=C2CCN(CC3CCc4ccccc4C3)CC2)c2ccccc21. The molecule has 6 rings (SSSR count). The number of piperidine rings is 1. The molecule has 160 valence electrons. The van der Waals surface area contributed by atoms with Crippen LogP contribution in [0.1, 0.15) is 52.6 Å². The van der Waals surface area contributed by atoms with Crippen LogP contribution in [-0.2, 0) is 12.8 Å². The molecule has 0 radical (unpaired) electrons. The quantitative estimate of drug-likeness (QED) is 0.344. The molecule has 0 N–H and O–H groups in total. The van der Waals surface area contributed by atoms with Crippen LogP contribution in [0.5, 0.6) is 0 Å². The Morgan fingerprint density at radius 3 is 1.94 bits per heavy atom. The minimum absolute atomic E-state index is 0.808. The van der Waals surface area contributed by atoms with Crippen LogP contribution < -0.4 is 0 Å². The number of aryl methyl sites for hydroxylation is 1. The topological polar surface area (TPSA) is 3.24 Å². The number of hydrogen-bond donors (Lipinski definition) is 0. The number of rotatable bonds is 2. The Morgan fingerprint density at radius 2 is 1.25 bits per heavy atom. The van der Waals surface area contributed by atoms with E-state index in [9.17, 15) is 0 Å². The average Bonchev–Trinajstić information content (AvgIpc) is 3.02. The third-order valence-electron chi connectivity index (χ3n) is 7.68. The maximum Gasteiger partial charge on any atom is 0.00192 e. The van der Waals surface area contributed by atoms with Gasteiger partial charge in [0.2, 0.25) is 0 Å². The fraction of sp³-hybridized carbons (Fsp3) is 0.290. The summed E-state index contributed by atoms with van der Waals surface area (Å²) in [6, 6.07) is 26.9. The predicted octanol–water partition coefficient (Wildman–Crippen LogP) is 6.87. The van der Waals surface area contributed by atoms with Crippen LogP contribution in [0.15, 0.2) is 78.4 Å². The zero-order chi connectivity index (χ0) is 21.3. The fourth-order valence-electron chi connectivity index (χ4n) is 6.00. The van der Waals surface area contributed by atoms with Crippen molar-refractivity contribution < 1.29 is 0 Å². The highest BCUT2D eigenvalue weighted by Gasteiger charge is 2.25. The van der Waals surface area contributed by atoms with Gasteiger partial charge in [0, 0.05) is 19.6 Å². The molecular weight excluding hydrogens is 386 g/mol. The summed E-state index contributed by atoms with van der Waals surface area (Å²) in [5.41, 5.74) is 11.8. The van der Waals surface area contributed by atoms with Crippen molar-refractivity contribution in [3.8, 4) is 0 Å². The second-order valence-electron chi connectivity index (χ2n) is 9.66. The highest BCUT2D eigenvalue weighted by Crippen LogP contribution is 2.39. The molecule has 1 nitrogen and oxygen atoms in total. The van der Waals surface area contributed by atoms with Crippen molar-refractivity contribution in [2.24, 2.45) is 5.92 Å². The third kappa shape index (κ3) is 3.76. The van der Waals surface area contributed by atoms with Crippen LogP contribution >= 0.6 is 0 Å². The lowest BCUT2D eigenvalue weighted by molar-refractivity contribution is 0.207. The van der Waals surface area contributed by atoms with Gasteiger partial charge in [0.15, 0.2) is 0 Å². The average molecular weight is 418 g/mol. The van der Waals surface area contributed by atoms with E-state index in [1.807, 2.05) is 0 Å². The van der Waals surface area contributed by atoms with Crippen molar-refractivity contribution in [2.75, 3.05) is 19.6 Å². The van der Waals surface area contributed by atoms with Crippen LogP contribution in [0.25, 0.3) is 17.7 Å². The van der Waals surface area contributed by atoms with Crippen molar-refractivity contribution in [3.05, 3.63) is 112 Å². The van der Waals surface area contributed by atoms with E-state index in [1.54, 1.807) is 16.7 Å². The summed E-state index contributed by atoms with van der Waals surface area (Å²) in [6.07, 6.45) is 10.8. The molecule has 2 aliphatic carbocycles. The van der Waals surface area contributed by atoms with Gasteiger partial charge in [-0.05, 0) is 77.0 Å². The highest BCUT2D eigenvalue weighted by atomic mass is 15.1. The molecule has 1 fully saturated rings. The van der Waals surface area contributed by atoms with Crippen LogP contribution in [0.3, 0.4) is 0 Å². The lowest BCUT2D eigenvalue weighted by atomic mass is 9.83. The third-order valence-corrected chi connectivity index (χ3v) is 7.68. The number of fused-ring (bicyclic) bond motifs is 3. The molecule has 1 heterocycles. The van der Waals surface area contributed by atoms with Gasteiger partial charge >= 0.3 is 0 Å². The van der Waals surface area contributed by atoms with Crippen molar-refractivity contribution in [2.45, 2.75) is 32.1 Å². The Labute approximate surface area is 192 Å². The maximum absolute atomic E-state index is 2.73. The summed E-state index contributed by atoms with van der Waals surface area (Å²) in [4.78, 5) is 2.73. The van der Waals surface area contributed by atoms with E-state index in [-0.39, 0.29) is 0 Å². The molecular formula is C31H31N. The Balaban J connectivity index is 1.23. The first-order valence-electron chi connectivity index (χ1n) is 12.2. The first-order valence-corrected chi connectivity index (χ1v) is 12.2. The summed E-state index contributed by atoms with van der Waals surface area (Å²) in [5.74, 6) is 0.808. The molecule has 3 aromatic carbocycles. The molecule has 0 spiro atoms. The molecule has 1 heteroatoms. The molecule has 1 unspecified atom stereocenters. The number of hydrogen-bond acceptors (Lipinski definition) is 1. The van der Waals surface area contributed by atoms with E-state index in [1.165, 1.54) is 79.6 Å². The molecule has 0 aromatic heterocycles. The van der Waals surface area contributed by atoms with E-state index >= 15 is 0 Å². The van der Waals surface area contributed by atoms with Crippen LogP contribution in [0.2, 0.25) is 0 Å². The molecule has 1 aliphatic heterocycles. The molecule has 0 amide bonds. The van der Waals surface area contributed by atoms with Gasteiger partial charge < -0.3 is 4.90 Å². The van der Waals surface area contributed by atoms with Gasteiger partial charge in [0.1, 0.15) is 0 Å². The fourth-order valence-corrected chi connectivity index (χ4v) is 6.00. The maximum atomic E-state index is 2.73. The van der Waals surface area contributed by atoms with Gasteiger partial charge in [0.05, 0.1) is 0 Å². The summed E-state index contributed by atoms with van der Waals surface area (Å²) >= 11 is 0. The Kier molecular flexibility index (Phi) is 5.29. The Hall–Kier alpha value is -2.90. The normalized spacial score (nSPS) is 20.3. The van der Waals surface area contributed by atoms with Crippen molar-refractivity contribution in [1.29, 1.82) is 0 Å². The largest absolute Gasteiger partial charge is 0.302 e. The summed E-state index contributed by atoms with van der Waals surface area (Å²) in [6.45, 7) is 3.63. The van der Waals surface area contributed by atoms with Crippen molar-refractivity contribution in [1.82, 2.24) is 4.90 Å². The molecule has 1 atom stereocenters. The predicted molar refractivity (Wildman–Crippen MR) is 135 cm³/mol. The van der Waals surface area contributed by atoms with Crippen LogP contribution in [0.4, 0.5) is 0 Å². The van der Waals surface area contributed by atoms with E-state index < -0.39 is 0 Å². The van der Waals surface area contributed by atoms with Gasteiger partial charge in [-0.3, -0.25) is 0 Å².